The molecule has 1 rings (SSSR count). The van der Waals surface area contributed by atoms with Gasteiger partial charge in [0.1, 0.15) is 6.07 Å². The molecule has 4 heteroatoms. The normalized spacial score (nSPS) is 9.93. The molecule has 0 unspecified atom stereocenters. The summed E-state index contributed by atoms with van der Waals surface area (Å²) in [6.45, 7) is 3.85. The minimum Gasteiger partial charge on any atom is -0.488 e. The summed E-state index contributed by atoms with van der Waals surface area (Å²) in [6, 6.07) is 3.85. The predicted molar refractivity (Wildman–Crippen MR) is 56.5 cm³/mol. The largest absolute Gasteiger partial charge is 0.488 e. The summed E-state index contributed by atoms with van der Waals surface area (Å²) in [5, 5.41) is 8.80. The highest BCUT2D eigenvalue weighted by molar-refractivity contribution is 7.98. The van der Waals surface area contributed by atoms with Gasteiger partial charge in [-0.3, -0.25) is 0 Å². The maximum absolute atomic E-state index is 8.80. The second-order valence-electron chi connectivity index (χ2n) is 3.00. The second kappa shape index (κ2) is 4.87. The van der Waals surface area contributed by atoms with Gasteiger partial charge in [0.2, 0.25) is 0 Å². The molecule has 0 spiro atoms. The average Bonchev–Trinajstić information content (AvgIpc) is 2.16. The fourth-order valence-electron chi connectivity index (χ4n) is 0.966. The highest BCUT2D eigenvalue weighted by atomic mass is 32.2. The molecule has 0 aliphatic carbocycles. The summed E-state index contributed by atoms with van der Waals surface area (Å²) in [4.78, 5) is 5.01. The molecule has 0 aliphatic rings. The number of thioether (sulfide) groups is 1. The van der Waals surface area contributed by atoms with Crippen LogP contribution in [0.2, 0.25) is 0 Å². The first-order chi connectivity index (χ1) is 6.67. The monoisotopic (exact) mass is 208 g/mol. The minimum absolute atomic E-state index is 0.0565. The van der Waals surface area contributed by atoms with Gasteiger partial charge in [-0.2, -0.15) is 5.26 Å². The molecule has 0 aliphatic heterocycles. The van der Waals surface area contributed by atoms with Crippen LogP contribution in [0.5, 0.6) is 5.75 Å². The standard InChI is InChI=1S/C10H12N2OS/c1-7(2)13-10-4-8(14-3)6-12-9(10)5-11/h4,6-7H,1-3H3. The smallest absolute Gasteiger partial charge is 0.182 e. The van der Waals surface area contributed by atoms with E-state index < -0.39 is 0 Å². The quantitative estimate of drug-likeness (QED) is 0.716. The zero-order valence-electron chi connectivity index (χ0n) is 8.44. The average molecular weight is 208 g/mol. The van der Waals surface area contributed by atoms with Gasteiger partial charge in [0, 0.05) is 11.1 Å². The first kappa shape index (κ1) is 10.9. The van der Waals surface area contributed by atoms with E-state index in [9.17, 15) is 0 Å². The molecule has 0 N–H and O–H groups in total. The molecule has 1 heterocycles. The van der Waals surface area contributed by atoms with Crippen molar-refractivity contribution in [3.05, 3.63) is 18.0 Å². The van der Waals surface area contributed by atoms with E-state index in [1.54, 1.807) is 18.0 Å². The maximum Gasteiger partial charge on any atom is 0.182 e. The van der Waals surface area contributed by atoms with E-state index in [0.717, 1.165) is 4.90 Å². The molecule has 0 fully saturated rings. The van der Waals surface area contributed by atoms with Crippen molar-refractivity contribution in [3.63, 3.8) is 0 Å². The van der Waals surface area contributed by atoms with Crippen LogP contribution >= 0.6 is 11.8 Å². The lowest BCUT2D eigenvalue weighted by molar-refractivity contribution is 0.240. The lowest BCUT2D eigenvalue weighted by Gasteiger charge is -2.10. The van der Waals surface area contributed by atoms with Gasteiger partial charge in [-0.1, -0.05) is 0 Å². The maximum atomic E-state index is 8.80. The number of hydrogen-bond donors (Lipinski definition) is 0. The van der Waals surface area contributed by atoms with Crippen molar-refractivity contribution < 1.29 is 4.74 Å². The molecule has 0 saturated heterocycles. The molecule has 1 aromatic rings. The van der Waals surface area contributed by atoms with Crippen LogP contribution in [0.3, 0.4) is 0 Å². The van der Waals surface area contributed by atoms with Crippen LogP contribution in [0.4, 0.5) is 0 Å². The van der Waals surface area contributed by atoms with Crippen LogP contribution < -0.4 is 4.74 Å². The summed E-state index contributed by atoms with van der Waals surface area (Å²) in [6.07, 6.45) is 3.69. The molecule has 0 saturated carbocycles. The van der Waals surface area contributed by atoms with E-state index in [1.165, 1.54) is 0 Å². The molecule has 14 heavy (non-hydrogen) atoms. The molecule has 0 atom stereocenters. The van der Waals surface area contributed by atoms with E-state index in [1.807, 2.05) is 32.2 Å². The molecular formula is C10H12N2OS. The molecule has 0 bridgehead atoms. The van der Waals surface area contributed by atoms with Gasteiger partial charge >= 0.3 is 0 Å². The SMILES string of the molecule is CSc1cnc(C#N)c(OC(C)C)c1. The zero-order valence-corrected chi connectivity index (χ0v) is 9.26. The number of pyridine rings is 1. The summed E-state index contributed by atoms with van der Waals surface area (Å²) in [7, 11) is 0. The lowest BCUT2D eigenvalue weighted by Crippen LogP contribution is -2.07. The Morgan fingerprint density at radius 1 is 1.57 bits per heavy atom. The van der Waals surface area contributed by atoms with Crippen LogP contribution in [0, 0.1) is 11.3 Å². The topological polar surface area (TPSA) is 45.9 Å². The Kier molecular flexibility index (Phi) is 3.78. The first-order valence-corrected chi connectivity index (χ1v) is 5.50. The van der Waals surface area contributed by atoms with Crippen molar-refractivity contribution in [1.82, 2.24) is 4.98 Å². The molecule has 3 nitrogen and oxygen atoms in total. The molecule has 0 amide bonds. The van der Waals surface area contributed by atoms with E-state index in [2.05, 4.69) is 4.98 Å². The Bertz CT molecular complexity index is 358. The molecular weight excluding hydrogens is 196 g/mol. The Hall–Kier alpha value is -1.21. The first-order valence-electron chi connectivity index (χ1n) is 4.28. The van der Waals surface area contributed by atoms with Gasteiger partial charge in [0.25, 0.3) is 0 Å². The minimum atomic E-state index is 0.0565. The molecule has 0 aromatic carbocycles. The van der Waals surface area contributed by atoms with Crippen molar-refractivity contribution in [2.45, 2.75) is 24.8 Å². The van der Waals surface area contributed by atoms with Gasteiger partial charge in [-0.15, -0.1) is 11.8 Å². The molecule has 74 valence electrons. The van der Waals surface area contributed by atoms with E-state index in [-0.39, 0.29) is 6.10 Å². The van der Waals surface area contributed by atoms with Gasteiger partial charge in [0.05, 0.1) is 6.10 Å². The van der Waals surface area contributed by atoms with Crippen LogP contribution in [0.1, 0.15) is 19.5 Å². The summed E-state index contributed by atoms with van der Waals surface area (Å²) < 4.78 is 5.48. The Labute approximate surface area is 88.1 Å². The van der Waals surface area contributed by atoms with E-state index >= 15 is 0 Å². The van der Waals surface area contributed by atoms with Gasteiger partial charge in [0.15, 0.2) is 11.4 Å². The summed E-state index contributed by atoms with van der Waals surface area (Å²) >= 11 is 1.58. The predicted octanol–water partition coefficient (Wildman–Crippen LogP) is 2.46. The number of nitrogens with zero attached hydrogens (tertiary/aromatic N) is 2. The van der Waals surface area contributed by atoms with Gasteiger partial charge < -0.3 is 4.74 Å². The molecule has 1 aromatic heterocycles. The van der Waals surface area contributed by atoms with Crippen molar-refractivity contribution in [1.29, 1.82) is 5.26 Å². The highest BCUT2D eigenvalue weighted by Crippen LogP contribution is 2.23. The van der Waals surface area contributed by atoms with E-state index in [4.69, 9.17) is 10.00 Å². The summed E-state index contributed by atoms with van der Waals surface area (Å²) in [5.41, 5.74) is 0.344. The van der Waals surface area contributed by atoms with Crippen molar-refractivity contribution in [3.8, 4) is 11.8 Å². The third-order valence-corrected chi connectivity index (χ3v) is 2.23. The van der Waals surface area contributed by atoms with Crippen molar-refractivity contribution in [2.75, 3.05) is 6.26 Å². The third-order valence-electron chi connectivity index (χ3n) is 1.53. The third kappa shape index (κ3) is 2.64. The van der Waals surface area contributed by atoms with Crippen LogP contribution in [0.25, 0.3) is 0 Å². The number of ether oxygens (including phenoxy) is 1. The zero-order chi connectivity index (χ0) is 10.6. The number of rotatable bonds is 3. The summed E-state index contributed by atoms with van der Waals surface area (Å²) in [5.74, 6) is 0.564. The van der Waals surface area contributed by atoms with Crippen LogP contribution in [0.15, 0.2) is 17.2 Å². The fraction of sp³-hybridized carbons (Fsp3) is 0.400. The number of hydrogen-bond acceptors (Lipinski definition) is 4. The lowest BCUT2D eigenvalue weighted by atomic mass is 10.3. The van der Waals surface area contributed by atoms with E-state index in [0.29, 0.717) is 11.4 Å². The Morgan fingerprint density at radius 3 is 2.79 bits per heavy atom. The number of aromatic nitrogens is 1. The van der Waals surface area contributed by atoms with Crippen molar-refractivity contribution in [2.24, 2.45) is 0 Å². The highest BCUT2D eigenvalue weighted by Gasteiger charge is 2.07. The van der Waals surface area contributed by atoms with Crippen LogP contribution in [-0.4, -0.2) is 17.3 Å². The Morgan fingerprint density at radius 2 is 2.29 bits per heavy atom. The fourth-order valence-corrected chi connectivity index (χ4v) is 1.35. The molecule has 0 radical (unpaired) electrons. The Balaban J connectivity index is 3.03. The van der Waals surface area contributed by atoms with Gasteiger partial charge in [-0.05, 0) is 26.2 Å². The van der Waals surface area contributed by atoms with Gasteiger partial charge in [-0.25, -0.2) is 4.98 Å². The number of nitriles is 1. The second-order valence-corrected chi connectivity index (χ2v) is 3.88. The van der Waals surface area contributed by atoms with Crippen LogP contribution in [-0.2, 0) is 0 Å². The van der Waals surface area contributed by atoms with Crippen molar-refractivity contribution >= 4 is 11.8 Å².